The van der Waals surface area contributed by atoms with Crippen molar-refractivity contribution in [2.45, 2.75) is 12.8 Å². The molecule has 13 heavy (non-hydrogen) atoms. The van der Waals surface area contributed by atoms with Crippen LogP contribution in [0.15, 0.2) is 18.2 Å². The lowest BCUT2D eigenvalue weighted by Gasteiger charge is -2.10. The second-order valence-electron chi connectivity index (χ2n) is 2.99. The van der Waals surface area contributed by atoms with Crippen LogP contribution in [0.4, 0.5) is 0 Å². The highest BCUT2D eigenvalue weighted by Crippen LogP contribution is 2.29. The highest BCUT2D eigenvalue weighted by Gasteiger charge is 2.07. The Morgan fingerprint density at radius 3 is 2.77 bits per heavy atom. The van der Waals surface area contributed by atoms with Crippen LogP contribution in [-0.4, -0.2) is 17.5 Å². The van der Waals surface area contributed by atoms with E-state index in [0.717, 1.165) is 10.9 Å². The average molecular weight is 245 g/mol. The number of phenols is 1. The maximum Gasteiger partial charge on any atom is 0.160 e. The average Bonchev–Trinajstić information content (AvgIpc) is 2.17. The van der Waals surface area contributed by atoms with Crippen LogP contribution in [0, 0.1) is 0 Å². The number of rotatable bonds is 3. The Hall–Kier alpha value is -0.700. The van der Waals surface area contributed by atoms with Crippen molar-refractivity contribution in [3.05, 3.63) is 23.8 Å². The second kappa shape index (κ2) is 4.51. The van der Waals surface area contributed by atoms with Crippen molar-refractivity contribution < 1.29 is 9.84 Å². The summed E-state index contributed by atoms with van der Waals surface area (Å²) in [6.45, 7) is 2.11. The number of halogens is 1. The number of ether oxygens (including phenoxy) is 1. The number of methoxy groups -OCH3 is 1. The van der Waals surface area contributed by atoms with Gasteiger partial charge in [0.15, 0.2) is 11.5 Å². The smallest absolute Gasteiger partial charge is 0.160 e. The van der Waals surface area contributed by atoms with Gasteiger partial charge in [-0.25, -0.2) is 0 Å². The largest absolute Gasteiger partial charge is 0.504 e. The van der Waals surface area contributed by atoms with Crippen LogP contribution in [0.25, 0.3) is 0 Å². The summed E-state index contributed by atoms with van der Waals surface area (Å²) in [5.74, 6) is 1.15. The van der Waals surface area contributed by atoms with E-state index in [1.165, 1.54) is 0 Å². The summed E-state index contributed by atoms with van der Waals surface area (Å²) in [7, 11) is 1.55. The third-order valence-corrected chi connectivity index (χ3v) is 2.98. The molecule has 1 atom stereocenters. The van der Waals surface area contributed by atoms with E-state index in [0.29, 0.717) is 11.7 Å². The molecular formula is C10H13BrO2. The maximum absolute atomic E-state index is 9.35. The van der Waals surface area contributed by atoms with Gasteiger partial charge in [-0.2, -0.15) is 0 Å². The van der Waals surface area contributed by atoms with Crippen molar-refractivity contribution in [1.29, 1.82) is 0 Å². The zero-order valence-corrected chi connectivity index (χ0v) is 9.34. The van der Waals surface area contributed by atoms with E-state index in [-0.39, 0.29) is 5.75 Å². The monoisotopic (exact) mass is 244 g/mol. The summed E-state index contributed by atoms with van der Waals surface area (Å²) < 4.78 is 5.01. The minimum Gasteiger partial charge on any atom is -0.504 e. The highest BCUT2D eigenvalue weighted by atomic mass is 79.9. The van der Waals surface area contributed by atoms with Gasteiger partial charge < -0.3 is 9.84 Å². The van der Waals surface area contributed by atoms with E-state index in [9.17, 15) is 5.11 Å². The van der Waals surface area contributed by atoms with Crippen LogP contribution in [0.5, 0.6) is 11.5 Å². The van der Waals surface area contributed by atoms with Crippen LogP contribution in [0.2, 0.25) is 0 Å². The summed E-state index contributed by atoms with van der Waals surface area (Å²) in [6.07, 6.45) is 0. The molecule has 1 N–H and O–H groups in total. The van der Waals surface area contributed by atoms with E-state index in [1.807, 2.05) is 12.1 Å². The van der Waals surface area contributed by atoms with Crippen molar-refractivity contribution in [2.75, 3.05) is 12.4 Å². The Balaban J connectivity index is 2.99. The summed E-state index contributed by atoms with van der Waals surface area (Å²) in [5, 5.41) is 10.3. The molecule has 0 heterocycles. The molecule has 1 aromatic rings. The van der Waals surface area contributed by atoms with Crippen LogP contribution in [0.3, 0.4) is 0 Å². The number of benzene rings is 1. The third kappa shape index (κ3) is 2.37. The van der Waals surface area contributed by atoms with E-state index < -0.39 is 0 Å². The molecule has 0 aliphatic rings. The molecular weight excluding hydrogens is 232 g/mol. The Morgan fingerprint density at radius 1 is 1.54 bits per heavy atom. The van der Waals surface area contributed by atoms with Gasteiger partial charge in [0.05, 0.1) is 7.11 Å². The molecule has 1 aromatic carbocycles. The normalized spacial score (nSPS) is 12.5. The first-order valence-electron chi connectivity index (χ1n) is 4.12. The second-order valence-corrected chi connectivity index (χ2v) is 3.63. The molecule has 0 saturated carbocycles. The fraction of sp³-hybridized carbons (Fsp3) is 0.400. The van der Waals surface area contributed by atoms with E-state index >= 15 is 0 Å². The molecule has 0 aliphatic heterocycles. The molecule has 72 valence electrons. The molecule has 0 fully saturated rings. The predicted octanol–water partition coefficient (Wildman–Crippen LogP) is 2.90. The number of hydrogen-bond acceptors (Lipinski definition) is 2. The summed E-state index contributed by atoms with van der Waals surface area (Å²) in [5.41, 5.74) is 1.16. The van der Waals surface area contributed by atoms with Crippen molar-refractivity contribution in [3.63, 3.8) is 0 Å². The zero-order valence-electron chi connectivity index (χ0n) is 7.75. The first-order chi connectivity index (χ1) is 6.19. The van der Waals surface area contributed by atoms with E-state index in [1.54, 1.807) is 13.2 Å². The van der Waals surface area contributed by atoms with Gasteiger partial charge in [-0.05, 0) is 23.6 Å². The molecule has 1 unspecified atom stereocenters. The van der Waals surface area contributed by atoms with Crippen molar-refractivity contribution in [2.24, 2.45) is 0 Å². The topological polar surface area (TPSA) is 29.5 Å². The fourth-order valence-electron chi connectivity index (χ4n) is 1.09. The Bertz CT molecular complexity index is 286. The Morgan fingerprint density at radius 2 is 2.23 bits per heavy atom. The lowest BCUT2D eigenvalue weighted by atomic mass is 10.0. The van der Waals surface area contributed by atoms with Gasteiger partial charge in [0, 0.05) is 5.33 Å². The van der Waals surface area contributed by atoms with E-state index in [2.05, 4.69) is 22.9 Å². The SMILES string of the molecule is COc1cc(C(C)CBr)ccc1O. The fourth-order valence-corrected chi connectivity index (χ4v) is 1.46. The zero-order chi connectivity index (χ0) is 9.84. The molecule has 3 heteroatoms. The van der Waals surface area contributed by atoms with Gasteiger partial charge in [-0.3, -0.25) is 0 Å². The number of alkyl halides is 1. The summed E-state index contributed by atoms with van der Waals surface area (Å²) >= 11 is 3.41. The first kappa shape index (κ1) is 10.4. The van der Waals surface area contributed by atoms with Crippen molar-refractivity contribution in [3.8, 4) is 11.5 Å². The minimum absolute atomic E-state index is 0.188. The quantitative estimate of drug-likeness (QED) is 0.829. The standard InChI is InChI=1S/C10H13BrO2/c1-7(6-11)8-3-4-9(12)10(5-8)13-2/h3-5,7,12H,6H2,1-2H3. The molecule has 0 aliphatic carbocycles. The molecule has 0 radical (unpaired) electrons. The summed E-state index contributed by atoms with van der Waals surface area (Å²) in [6, 6.07) is 5.43. The van der Waals surface area contributed by atoms with Crippen molar-refractivity contribution >= 4 is 15.9 Å². The van der Waals surface area contributed by atoms with Crippen LogP contribution in [0.1, 0.15) is 18.4 Å². The van der Waals surface area contributed by atoms with Crippen LogP contribution in [-0.2, 0) is 0 Å². The molecule has 0 saturated heterocycles. The van der Waals surface area contributed by atoms with Crippen molar-refractivity contribution in [1.82, 2.24) is 0 Å². The van der Waals surface area contributed by atoms with Gasteiger partial charge >= 0.3 is 0 Å². The van der Waals surface area contributed by atoms with Gasteiger partial charge in [-0.15, -0.1) is 0 Å². The Labute approximate surface area is 86.7 Å². The van der Waals surface area contributed by atoms with Gasteiger partial charge in [0.2, 0.25) is 0 Å². The molecule has 0 bridgehead atoms. The predicted molar refractivity (Wildman–Crippen MR) is 56.9 cm³/mol. The first-order valence-corrected chi connectivity index (χ1v) is 5.24. The number of aromatic hydroxyl groups is 1. The van der Waals surface area contributed by atoms with Gasteiger partial charge in [0.1, 0.15) is 0 Å². The van der Waals surface area contributed by atoms with Crippen LogP contribution >= 0.6 is 15.9 Å². The van der Waals surface area contributed by atoms with Gasteiger partial charge in [-0.1, -0.05) is 28.9 Å². The molecule has 1 rings (SSSR count). The molecule has 0 amide bonds. The Kier molecular flexibility index (Phi) is 3.60. The van der Waals surface area contributed by atoms with Gasteiger partial charge in [0.25, 0.3) is 0 Å². The molecule has 0 spiro atoms. The lowest BCUT2D eigenvalue weighted by molar-refractivity contribution is 0.373. The minimum atomic E-state index is 0.188. The lowest BCUT2D eigenvalue weighted by Crippen LogP contribution is -1.95. The molecule has 0 aromatic heterocycles. The van der Waals surface area contributed by atoms with E-state index in [4.69, 9.17) is 4.74 Å². The number of hydrogen-bond donors (Lipinski definition) is 1. The molecule has 2 nitrogen and oxygen atoms in total. The maximum atomic E-state index is 9.35. The summed E-state index contributed by atoms with van der Waals surface area (Å²) in [4.78, 5) is 0. The third-order valence-electron chi connectivity index (χ3n) is 2.00. The van der Waals surface area contributed by atoms with Crippen LogP contribution < -0.4 is 4.74 Å². The number of phenolic OH excluding ortho intramolecular Hbond substituents is 1. The highest BCUT2D eigenvalue weighted by molar-refractivity contribution is 9.09.